The molecule has 4 atom stereocenters. The van der Waals surface area contributed by atoms with Gasteiger partial charge in [0.2, 0.25) is 0 Å². The second-order valence-electron chi connectivity index (χ2n) is 10.9. The summed E-state index contributed by atoms with van der Waals surface area (Å²) in [7, 11) is 3.33. The number of benzene rings is 3. The molecule has 9 nitrogen and oxygen atoms in total. The number of hydrogen-bond donors (Lipinski definition) is 3. The third kappa shape index (κ3) is 6.71. The Morgan fingerprint density at radius 3 is 2.43 bits per heavy atom. The molecule has 224 valence electrons. The molecule has 9 heteroatoms. The van der Waals surface area contributed by atoms with Crippen LogP contribution in [0.25, 0.3) is 0 Å². The van der Waals surface area contributed by atoms with Gasteiger partial charge in [-0.25, -0.2) is 4.79 Å². The lowest BCUT2D eigenvalue weighted by Crippen LogP contribution is -2.45. The van der Waals surface area contributed by atoms with E-state index in [-0.39, 0.29) is 30.8 Å². The lowest BCUT2D eigenvalue weighted by atomic mass is 9.89. The first-order chi connectivity index (χ1) is 20.4. The first-order valence-corrected chi connectivity index (χ1v) is 14.5. The van der Waals surface area contributed by atoms with Crippen LogP contribution < -0.4 is 20.1 Å². The van der Waals surface area contributed by atoms with Crippen LogP contribution in [-0.4, -0.2) is 56.0 Å². The van der Waals surface area contributed by atoms with Crippen molar-refractivity contribution >= 4 is 11.7 Å². The number of ether oxygens (including phenoxy) is 4. The number of methoxy groups -OCH3 is 2. The largest absolute Gasteiger partial charge is 0.493 e. The molecule has 3 N–H and O–H groups in total. The number of anilines is 1. The number of carbonyl (C=O) groups excluding carboxylic acids is 1. The lowest BCUT2D eigenvalue weighted by Gasteiger charge is -2.43. The molecule has 2 heterocycles. The minimum Gasteiger partial charge on any atom is -0.493 e. The molecule has 42 heavy (non-hydrogen) atoms. The quantitative estimate of drug-likeness (QED) is 0.323. The van der Waals surface area contributed by atoms with Crippen molar-refractivity contribution in [1.82, 2.24) is 10.2 Å². The molecule has 0 aromatic heterocycles. The van der Waals surface area contributed by atoms with E-state index in [2.05, 4.69) is 34.6 Å². The van der Waals surface area contributed by atoms with E-state index < -0.39 is 6.29 Å². The predicted molar refractivity (Wildman–Crippen MR) is 161 cm³/mol. The third-order valence-corrected chi connectivity index (χ3v) is 8.11. The number of carbonyl (C=O) groups is 1. The van der Waals surface area contributed by atoms with E-state index in [9.17, 15) is 9.90 Å². The molecule has 0 unspecified atom stereocenters. The highest BCUT2D eigenvalue weighted by atomic mass is 16.7. The molecule has 1 fully saturated rings. The van der Waals surface area contributed by atoms with E-state index in [1.807, 2.05) is 55.5 Å². The molecule has 0 bridgehead atoms. The van der Waals surface area contributed by atoms with Crippen LogP contribution in [0.15, 0.2) is 60.7 Å². The zero-order chi connectivity index (χ0) is 29.6. The van der Waals surface area contributed by atoms with Crippen LogP contribution in [0.5, 0.6) is 11.5 Å². The standard InChI is InChI=1S/C33H41N3O6/c1-5-34-33(38)35-27-8-6-7-25(15-27)32-41-30(21(2)31(42-32)23-11-9-22(20-37)10-12-23)19-36-14-13-24-16-28(39-3)29(40-4)17-26(24)18-36/h6-12,15-17,21,30-32,37H,5,13-14,18-20H2,1-4H3,(H2,34,35,38)/t21-,30+,31+,32+/m1/s1. The Balaban J connectivity index is 1.39. The van der Waals surface area contributed by atoms with Gasteiger partial charge in [0.1, 0.15) is 0 Å². The van der Waals surface area contributed by atoms with Gasteiger partial charge in [-0.1, -0.05) is 43.3 Å². The van der Waals surface area contributed by atoms with E-state index in [0.29, 0.717) is 12.2 Å². The summed E-state index contributed by atoms with van der Waals surface area (Å²) in [5.74, 6) is 1.55. The minimum absolute atomic E-state index is 0.00574. The maximum Gasteiger partial charge on any atom is 0.319 e. The number of hydrogen-bond acceptors (Lipinski definition) is 7. The SMILES string of the molecule is CCNC(=O)Nc1cccc([C@H]2O[C@@H](CN3CCc4cc(OC)c(OC)cc4C3)[C@@H](C)[C@@H](c3ccc(CO)cc3)O2)c1. The van der Waals surface area contributed by atoms with Gasteiger partial charge in [-0.2, -0.15) is 0 Å². The zero-order valence-corrected chi connectivity index (χ0v) is 24.8. The smallest absolute Gasteiger partial charge is 0.319 e. The van der Waals surface area contributed by atoms with E-state index in [4.69, 9.17) is 18.9 Å². The highest BCUT2D eigenvalue weighted by Gasteiger charge is 2.39. The van der Waals surface area contributed by atoms with Crippen LogP contribution in [0.3, 0.4) is 0 Å². The van der Waals surface area contributed by atoms with Crippen molar-refractivity contribution in [2.45, 2.75) is 51.9 Å². The molecular formula is C33H41N3O6. The summed E-state index contributed by atoms with van der Waals surface area (Å²) in [6.07, 6.45) is -0.0434. The van der Waals surface area contributed by atoms with Gasteiger partial charge in [0.25, 0.3) is 0 Å². The number of amides is 2. The summed E-state index contributed by atoms with van der Waals surface area (Å²) in [6, 6.07) is 19.4. The van der Waals surface area contributed by atoms with Crippen molar-refractivity contribution < 1.29 is 28.8 Å². The predicted octanol–water partition coefficient (Wildman–Crippen LogP) is 5.19. The highest BCUT2D eigenvalue weighted by molar-refractivity contribution is 5.89. The van der Waals surface area contributed by atoms with Crippen LogP contribution in [-0.2, 0) is 29.0 Å². The molecule has 1 saturated heterocycles. The fourth-order valence-corrected chi connectivity index (χ4v) is 5.78. The van der Waals surface area contributed by atoms with E-state index >= 15 is 0 Å². The van der Waals surface area contributed by atoms with Crippen LogP contribution in [0.2, 0.25) is 0 Å². The molecule has 0 saturated carbocycles. The molecule has 5 rings (SSSR count). The third-order valence-electron chi connectivity index (χ3n) is 8.11. The monoisotopic (exact) mass is 575 g/mol. The Hall–Kier alpha value is -3.63. The van der Waals surface area contributed by atoms with Crippen molar-refractivity contribution in [2.24, 2.45) is 5.92 Å². The zero-order valence-electron chi connectivity index (χ0n) is 24.8. The molecule has 0 aliphatic carbocycles. The number of aliphatic hydroxyl groups excluding tert-OH is 1. The molecule has 0 spiro atoms. The number of rotatable bonds is 9. The van der Waals surface area contributed by atoms with Gasteiger partial charge in [-0.3, -0.25) is 4.90 Å². The van der Waals surface area contributed by atoms with E-state index in [1.165, 1.54) is 11.1 Å². The van der Waals surface area contributed by atoms with E-state index in [0.717, 1.165) is 54.2 Å². The van der Waals surface area contributed by atoms with Crippen LogP contribution >= 0.6 is 0 Å². The molecule has 2 amide bonds. The first-order valence-electron chi connectivity index (χ1n) is 14.5. The maximum absolute atomic E-state index is 12.1. The van der Waals surface area contributed by atoms with Crippen molar-refractivity contribution in [2.75, 3.05) is 39.2 Å². The second-order valence-corrected chi connectivity index (χ2v) is 10.9. The average molecular weight is 576 g/mol. The van der Waals surface area contributed by atoms with Crippen molar-refractivity contribution in [3.05, 3.63) is 88.5 Å². The normalized spacial score (nSPS) is 22.2. The Morgan fingerprint density at radius 1 is 1.00 bits per heavy atom. The van der Waals surface area contributed by atoms with Gasteiger partial charge in [-0.05, 0) is 59.9 Å². The molecule has 3 aromatic rings. The van der Waals surface area contributed by atoms with Crippen LogP contribution in [0, 0.1) is 5.92 Å². The van der Waals surface area contributed by atoms with Crippen molar-refractivity contribution in [3.8, 4) is 11.5 Å². The highest BCUT2D eigenvalue weighted by Crippen LogP contribution is 2.43. The Morgan fingerprint density at radius 2 is 1.74 bits per heavy atom. The van der Waals surface area contributed by atoms with Gasteiger partial charge >= 0.3 is 6.03 Å². The summed E-state index contributed by atoms with van der Waals surface area (Å²) in [4.78, 5) is 14.6. The fraction of sp³-hybridized carbons (Fsp3) is 0.424. The number of nitrogens with one attached hydrogen (secondary N) is 2. The fourth-order valence-electron chi connectivity index (χ4n) is 5.78. The lowest BCUT2D eigenvalue weighted by molar-refractivity contribution is -0.276. The Kier molecular flexibility index (Phi) is 9.64. The second kappa shape index (κ2) is 13.6. The molecule has 2 aliphatic heterocycles. The van der Waals surface area contributed by atoms with Crippen molar-refractivity contribution in [1.29, 1.82) is 0 Å². The number of aliphatic hydroxyl groups is 1. The Bertz CT molecular complexity index is 1360. The molecular weight excluding hydrogens is 534 g/mol. The minimum atomic E-state index is -0.619. The number of urea groups is 1. The summed E-state index contributed by atoms with van der Waals surface area (Å²) in [5.41, 5.74) is 5.90. The van der Waals surface area contributed by atoms with Gasteiger partial charge < -0.3 is 34.7 Å². The van der Waals surface area contributed by atoms with E-state index in [1.54, 1.807) is 14.2 Å². The first kappa shape index (κ1) is 29.8. The molecule has 2 aliphatic rings. The van der Waals surface area contributed by atoms with Crippen LogP contribution in [0.4, 0.5) is 10.5 Å². The maximum atomic E-state index is 12.1. The summed E-state index contributed by atoms with van der Waals surface area (Å²) in [5, 5.41) is 15.2. The summed E-state index contributed by atoms with van der Waals surface area (Å²) in [6.45, 7) is 7.01. The van der Waals surface area contributed by atoms with Gasteiger partial charge in [-0.15, -0.1) is 0 Å². The van der Waals surface area contributed by atoms with Crippen LogP contribution in [0.1, 0.15) is 54.1 Å². The molecule has 0 radical (unpaired) electrons. The average Bonchev–Trinajstić information content (AvgIpc) is 3.01. The van der Waals surface area contributed by atoms with Gasteiger partial charge in [0, 0.05) is 43.3 Å². The summed E-state index contributed by atoms with van der Waals surface area (Å²) >= 11 is 0. The van der Waals surface area contributed by atoms with Crippen molar-refractivity contribution in [3.63, 3.8) is 0 Å². The molecule has 3 aromatic carbocycles. The Labute approximate surface area is 247 Å². The van der Waals surface area contributed by atoms with Gasteiger partial charge in [0.05, 0.1) is 33.0 Å². The number of nitrogens with zero attached hydrogens (tertiary/aromatic N) is 1. The number of fused-ring (bicyclic) bond motifs is 1. The van der Waals surface area contributed by atoms with Gasteiger partial charge in [0.15, 0.2) is 17.8 Å². The topological polar surface area (TPSA) is 102 Å². The summed E-state index contributed by atoms with van der Waals surface area (Å²) < 4.78 is 24.4.